The van der Waals surface area contributed by atoms with E-state index >= 15 is 0 Å². The maximum Gasteiger partial charge on any atom is 0.282 e. The number of carbonyl (C=O) groups excluding carboxylic acids is 1. The van der Waals surface area contributed by atoms with Crippen LogP contribution in [0.5, 0.6) is 0 Å². The predicted molar refractivity (Wildman–Crippen MR) is 96.9 cm³/mol. The maximum absolute atomic E-state index is 13.9. The van der Waals surface area contributed by atoms with Crippen LogP contribution in [0.1, 0.15) is 44.1 Å². The second-order valence-corrected chi connectivity index (χ2v) is 8.95. The molecule has 2 aliphatic rings. The van der Waals surface area contributed by atoms with Gasteiger partial charge in [0.05, 0.1) is 6.54 Å². The van der Waals surface area contributed by atoms with Crippen LogP contribution in [-0.2, 0) is 21.5 Å². The van der Waals surface area contributed by atoms with Gasteiger partial charge in [0.25, 0.3) is 10.2 Å². The van der Waals surface area contributed by atoms with Crippen LogP contribution in [0.25, 0.3) is 0 Å². The highest BCUT2D eigenvalue weighted by atomic mass is 32.2. The molecule has 0 radical (unpaired) electrons. The number of hydrogen-bond acceptors (Lipinski definition) is 3. The number of hydrogen-bond donors (Lipinski definition) is 1. The van der Waals surface area contributed by atoms with E-state index < -0.39 is 16.0 Å². The Morgan fingerprint density at radius 3 is 2.50 bits per heavy atom. The van der Waals surface area contributed by atoms with Gasteiger partial charge >= 0.3 is 0 Å². The van der Waals surface area contributed by atoms with Crippen molar-refractivity contribution in [3.8, 4) is 0 Å². The minimum absolute atomic E-state index is 0.0181. The molecule has 26 heavy (non-hydrogen) atoms. The van der Waals surface area contributed by atoms with Crippen LogP contribution in [-0.4, -0.2) is 48.6 Å². The van der Waals surface area contributed by atoms with E-state index in [9.17, 15) is 17.6 Å². The smallest absolute Gasteiger partial charge is 0.282 e. The minimum atomic E-state index is -3.78. The lowest BCUT2D eigenvalue weighted by molar-refractivity contribution is -0.122. The van der Waals surface area contributed by atoms with E-state index in [0.717, 1.165) is 25.7 Å². The summed E-state index contributed by atoms with van der Waals surface area (Å²) in [7, 11) is -3.78. The zero-order valence-electron chi connectivity index (χ0n) is 14.9. The van der Waals surface area contributed by atoms with Crippen LogP contribution in [0, 0.1) is 5.82 Å². The summed E-state index contributed by atoms with van der Waals surface area (Å²) in [6.45, 7) is 0.452. The molecule has 1 aliphatic heterocycles. The lowest BCUT2D eigenvalue weighted by Crippen LogP contribution is -2.53. The molecule has 1 N–H and O–H groups in total. The third-order valence-corrected chi connectivity index (χ3v) is 6.99. The van der Waals surface area contributed by atoms with Crippen molar-refractivity contribution in [3.63, 3.8) is 0 Å². The molecule has 3 rings (SSSR count). The number of carbonyl (C=O) groups is 1. The Morgan fingerprint density at radius 1 is 1.08 bits per heavy atom. The van der Waals surface area contributed by atoms with Crippen LogP contribution in [0.4, 0.5) is 4.39 Å². The first-order chi connectivity index (χ1) is 12.5. The largest absolute Gasteiger partial charge is 0.352 e. The Bertz CT molecular complexity index is 735. The molecule has 0 atom stereocenters. The van der Waals surface area contributed by atoms with Gasteiger partial charge in [-0.3, -0.25) is 4.79 Å². The van der Waals surface area contributed by atoms with Gasteiger partial charge in [-0.15, -0.1) is 0 Å². The Kier molecular flexibility index (Phi) is 6.26. The number of benzene rings is 1. The van der Waals surface area contributed by atoms with Gasteiger partial charge in [0, 0.05) is 31.2 Å². The van der Waals surface area contributed by atoms with Crippen molar-refractivity contribution in [1.82, 2.24) is 13.9 Å². The quantitative estimate of drug-likeness (QED) is 0.846. The Labute approximate surface area is 154 Å². The Morgan fingerprint density at radius 2 is 1.77 bits per heavy atom. The van der Waals surface area contributed by atoms with E-state index in [2.05, 4.69) is 5.32 Å². The molecule has 6 nitrogen and oxygen atoms in total. The first-order valence-corrected chi connectivity index (χ1v) is 10.6. The fraction of sp³-hybridized carbons (Fsp3) is 0.611. The molecule has 8 heteroatoms. The molecule has 1 aromatic rings. The van der Waals surface area contributed by atoms with Crippen LogP contribution < -0.4 is 5.32 Å². The highest BCUT2D eigenvalue weighted by Crippen LogP contribution is 2.21. The highest BCUT2D eigenvalue weighted by Gasteiger charge is 2.35. The lowest BCUT2D eigenvalue weighted by atomic mass is 9.95. The van der Waals surface area contributed by atoms with Crippen molar-refractivity contribution >= 4 is 16.1 Å². The molecule has 1 amide bonds. The predicted octanol–water partition coefficient (Wildman–Crippen LogP) is 2.03. The van der Waals surface area contributed by atoms with Gasteiger partial charge in [0.1, 0.15) is 5.82 Å². The standard InChI is InChI=1S/C18H26FN3O3S/c19-17-10-5-4-7-15(17)13-21-11-6-12-22(26(21,24)25)14-18(23)20-16-8-2-1-3-9-16/h4-5,7,10,16H,1-3,6,8-9,11-14H2,(H,20,23). The van der Waals surface area contributed by atoms with E-state index in [1.807, 2.05) is 0 Å². The van der Waals surface area contributed by atoms with E-state index in [1.165, 1.54) is 21.1 Å². The SMILES string of the molecule is O=C(CN1CCCN(Cc2ccccc2F)S1(=O)=O)NC1CCCCC1. The Hall–Kier alpha value is -1.51. The molecule has 1 aliphatic carbocycles. The number of halogens is 1. The molecule has 1 aromatic carbocycles. The molecule has 1 saturated carbocycles. The minimum Gasteiger partial charge on any atom is -0.352 e. The fourth-order valence-corrected chi connectivity index (χ4v) is 5.26. The summed E-state index contributed by atoms with van der Waals surface area (Å²) in [5, 5.41) is 2.95. The Balaban J connectivity index is 1.62. The topological polar surface area (TPSA) is 69.7 Å². The van der Waals surface area contributed by atoms with Crippen LogP contribution in [0.15, 0.2) is 24.3 Å². The molecule has 144 valence electrons. The molecule has 1 heterocycles. The summed E-state index contributed by atoms with van der Waals surface area (Å²) < 4.78 is 41.9. The average Bonchev–Trinajstić information content (AvgIpc) is 2.61. The maximum atomic E-state index is 13.9. The molecule has 1 saturated heterocycles. The van der Waals surface area contributed by atoms with Gasteiger partial charge in [-0.2, -0.15) is 17.0 Å². The first-order valence-electron chi connectivity index (χ1n) is 9.25. The lowest BCUT2D eigenvalue weighted by Gasteiger charge is -2.34. The van der Waals surface area contributed by atoms with Crippen molar-refractivity contribution < 1.29 is 17.6 Å². The fourth-order valence-electron chi connectivity index (χ4n) is 3.64. The van der Waals surface area contributed by atoms with Crippen molar-refractivity contribution in [1.29, 1.82) is 0 Å². The summed E-state index contributed by atoms with van der Waals surface area (Å²) in [6, 6.07) is 6.31. The van der Waals surface area contributed by atoms with E-state index in [1.54, 1.807) is 18.2 Å². The second kappa shape index (κ2) is 8.45. The first kappa shape index (κ1) is 19.3. The van der Waals surface area contributed by atoms with Gasteiger partial charge in [-0.05, 0) is 25.3 Å². The highest BCUT2D eigenvalue weighted by molar-refractivity contribution is 7.86. The van der Waals surface area contributed by atoms with Crippen molar-refractivity contribution in [2.24, 2.45) is 0 Å². The van der Waals surface area contributed by atoms with E-state index in [-0.39, 0.29) is 25.0 Å². The van der Waals surface area contributed by atoms with Crippen molar-refractivity contribution in [2.45, 2.75) is 51.1 Å². The number of nitrogens with zero attached hydrogens (tertiary/aromatic N) is 2. The second-order valence-electron chi connectivity index (χ2n) is 7.02. The molecule has 2 fully saturated rings. The van der Waals surface area contributed by atoms with Gasteiger partial charge in [0.2, 0.25) is 5.91 Å². The molecular weight excluding hydrogens is 357 g/mol. The number of rotatable bonds is 5. The van der Waals surface area contributed by atoms with E-state index in [4.69, 9.17) is 0 Å². The van der Waals surface area contributed by atoms with Gasteiger partial charge in [-0.1, -0.05) is 37.5 Å². The third-order valence-electron chi connectivity index (χ3n) is 5.06. The van der Waals surface area contributed by atoms with Crippen LogP contribution >= 0.6 is 0 Å². The number of nitrogens with one attached hydrogen (secondary N) is 1. The monoisotopic (exact) mass is 383 g/mol. The molecule has 0 aromatic heterocycles. The summed E-state index contributed by atoms with van der Waals surface area (Å²) >= 11 is 0. The van der Waals surface area contributed by atoms with Gasteiger partial charge in [0.15, 0.2) is 0 Å². The average molecular weight is 383 g/mol. The van der Waals surface area contributed by atoms with Gasteiger partial charge < -0.3 is 5.32 Å². The molecular formula is C18H26FN3O3S. The van der Waals surface area contributed by atoms with Crippen molar-refractivity contribution in [2.75, 3.05) is 19.6 Å². The summed E-state index contributed by atoms with van der Waals surface area (Å²) in [5.74, 6) is -0.678. The normalized spacial score (nSPS) is 22.2. The molecule has 0 bridgehead atoms. The van der Waals surface area contributed by atoms with E-state index in [0.29, 0.717) is 25.1 Å². The third kappa shape index (κ3) is 4.61. The molecule has 0 unspecified atom stereocenters. The van der Waals surface area contributed by atoms with Crippen LogP contribution in [0.3, 0.4) is 0 Å². The van der Waals surface area contributed by atoms with Gasteiger partial charge in [-0.25, -0.2) is 4.39 Å². The number of amides is 1. The van der Waals surface area contributed by atoms with Crippen LogP contribution in [0.2, 0.25) is 0 Å². The zero-order chi connectivity index (χ0) is 18.6. The summed E-state index contributed by atoms with van der Waals surface area (Å²) in [4.78, 5) is 12.3. The summed E-state index contributed by atoms with van der Waals surface area (Å²) in [5.41, 5.74) is 0.338. The van der Waals surface area contributed by atoms with Crippen molar-refractivity contribution in [3.05, 3.63) is 35.6 Å². The zero-order valence-corrected chi connectivity index (χ0v) is 15.7. The molecule has 0 spiro atoms. The summed E-state index contributed by atoms with van der Waals surface area (Å²) in [6.07, 6.45) is 5.92.